The van der Waals surface area contributed by atoms with Crippen molar-refractivity contribution in [1.82, 2.24) is 20.5 Å². The summed E-state index contributed by atoms with van der Waals surface area (Å²) in [5.74, 6) is 0.0353. The topological polar surface area (TPSA) is 121 Å². The molecule has 0 radical (unpaired) electrons. The number of fused-ring (bicyclic) bond motifs is 2. The molecule has 9 nitrogen and oxygen atoms in total. The van der Waals surface area contributed by atoms with E-state index in [0.717, 1.165) is 44.2 Å². The van der Waals surface area contributed by atoms with Crippen LogP contribution in [0.15, 0.2) is 28.9 Å². The van der Waals surface area contributed by atoms with Gasteiger partial charge in [0.25, 0.3) is 0 Å². The molecule has 0 fully saturated rings. The smallest absolute Gasteiger partial charge is 0.243 e. The zero-order valence-corrected chi connectivity index (χ0v) is 15.6. The number of furan rings is 1. The summed E-state index contributed by atoms with van der Waals surface area (Å²) < 4.78 is 5.43. The summed E-state index contributed by atoms with van der Waals surface area (Å²) in [5, 5.41) is 9.98. The molecule has 0 saturated carbocycles. The Bertz CT molecular complexity index is 781. The fourth-order valence-electron chi connectivity index (χ4n) is 3.25. The van der Waals surface area contributed by atoms with Crippen molar-refractivity contribution in [3.05, 3.63) is 30.2 Å². The van der Waals surface area contributed by atoms with Gasteiger partial charge in [-0.15, -0.1) is 0 Å². The average Bonchev–Trinajstić information content (AvgIpc) is 3.24. The van der Waals surface area contributed by atoms with Crippen LogP contribution < -0.4 is 10.9 Å². The van der Waals surface area contributed by atoms with Crippen LogP contribution in [0.4, 0.5) is 5.95 Å². The third kappa shape index (κ3) is 5.53. The van der Waals surface area contributed by atoms with Gasteiger partial charge in [-0.2, -0.15) is 0 Å². The van der Waals surface area contributed by atoms with E-state index in [1.165, 1.54) is 0 Å². The molecule has 2 amide bonds. The van der Waals surface area contributed by atoms with Crippen LogP contribution in [-0.4, -0.2) is 39.1 Å². The van der Waals surface area contributed by atoms with Gasteiger partial charge in [-0.25, -0.2) is 15.0 Å². The lowest BCUT2D eigenvalue weighted by atomic mass is 9.99. The molecule has 3 N–H and O–H groups in total. The second-order valence-corrected chi connectivity index (χ2v) is 6.89. The third-order valence-electron chi connectivity index (χ3n) is 4.74. The summed E-state index contributed by atoms with van der Waals surface area (Å²) >= 11 is 0. The van der Waals surface area contributed by atoms with Crippen LogP contribution in [0.3, 0.4) is 0 Å². The maximum atomic E-state index is 12.5. The summed E-state index contributed by atoms with van der Waals surface area (Å²) in [6.07, 6.45) is 8.28. The predicted octanol–water partition coefficient (Wildman–Crippen LogP) is 2.54. The van der Waals surface area contributed by atoms with Crippen LogP contribution in [0.2, 0.25) is 0 Å². The van der Waals surface area contributed by atoms with E-state index in [0.29, 0.717) is 29.3 Å². The van der Waals surface area contributed by atoms with Crippen molar-refractivity contribution in [3.63, 3.8) is 0 Å². The molecule has 1 aliphatic rings. The number of nitrogens with one attached hydrogen (secondary N) is 2. The normalized spacial score (nSPS) is 18.5. The van der Waals surface area contributed by atoms with Crippen molar-refractivity contribution >= 4 is 18.3 Å². The molecule has 28 heavy (non-hydrogen) atoms. The summed E-state index contributed by atoms with van der Waals surface area (Å²) in [6.45, 7) is -0.0600. The fraction of sp³-hybridized carbons (Fsp3) is 0.474. The Morgan fingerprint density at radius 2 is 2.04 bits per heavy atom. The molecule has 0 aliphatic carbocycles. The molecule has 2 aromatic rings. The molecule has 0 aromatic carbocycles. The number of hydrogen-bond acceptors (Lipinski definition) is 7. The average molecular weight is 387 g/mol. The summed E-state index contributed by atoms with van der Waals surface area (Å²) in [7, 11) is 0. The molecular formula is C19H25N5O4. The van der Waals surface area contributed by atoms with E-state index in [4.69, 9.17) is 4.42 Å². The largest absolute Gasteiger partial charge is 0.463 e. The number of hydrogen-bond donors (Lipinski definition) is 3. The van der Waals surface area contributed by atoms with Gasteiger partial charge in [0.2, 0.25) is 18.3 Å². The van der Waals surface area contributed by atoms with Crippen molar-refractivity contribution in [2.45, 2.75) is 44.9 Å². The van der Waals surface area contributed by atoms with Gasteiger partial charge in [-0.05, 0) is 37.5 Å². The van der Waals surface area contributed by atoms with Gasteiger partial charge in [-0.3, -0.25) is 25.6 Å². The van der Waals surface area contributed by atoms with E-state index >= 15 is 0 Å². The minimum absolute atomic E-state index is 0.0600. The Balaban J connectivity index is 1.80. The molecule has 150 valence electrons. The van der Waals surface area contributed by atoms with Crippen LogP contribution in [0.25, 0.3) is 11.5 Å². The van der Waals surface area contributed by atoms with Gasteiger partial charge >= 0.3 is 0 Å². The Hall–Kier alpha value is -2.94. The first kappa shape index (κ1) is 19.8. The minimum atomic E-state index is -0.529. The van der Waals surface area contributed by atoms with E-state index in [1.807, 2.05) is 12.1 Å². The Labute approximate surface area is 163 Å². The standard InChI is InChI=1S/C19H25N5O4/c25-13-24(27)12-14-7-4-2-1-3-5-8-15-11-16(17-9-6-10-28-17)21-19(20-15)23-22-18(14)26/h6,9-11,13-14,27H,1-5,7-8,12H2,(H,22,26)(H,20,21,23)/t14-/m1/s1. The third-order valence-corrected chi connectivity index (χ3v) is 4.74. The molecule has 2 aromatic heterocycles. The molecule has 0 unspecified atom stereocenters. The highest BCUT2D eigenvalue weighted by atomic mass is 16.5. The lowest BCUT2D eigenvalue weighted by molar-refractivity contribution is -0.154. The van der Waals surface area contributed by atoms with Gasteiger partial charge < -0.3 is 4.42 Å². The number of hydroxylamine groups is 2. The minimum Gasteiger partial charge on any atom is -0.463 e. The highest BCUT2D eigenvalue weighted by Gasteiger charge is 2.21. The van der Waals surface area contributed by atoms with Gasteiger partial charge in [0.05, 0.1) is 18.7 Å². The maximum absolute atomic E-state index is 12.5. The van der Waals surface area contributed by atoms with Crippen molar-refractivity contribution in [2.24, 2.45) is 5.92 Å². The maximum Gasteiger partial charge on any atom is 0.243 e. The number of carbonyl (C=O) groups excluding carboxylic acids is 2. The highest BCUT2D eigenvalue weighted by molar-refractivity contribution is 5.80. The number of carbonyl (C=O) groups is 2. The van der Waals surface area contributed by atoms with Crippen LogP contribution in [0, 0.1) is 5.92 Å². The molecular weight excluding hydrogens is 362 g/mol. The van der Waals surface area contributed by atoms with Gasteiger partial charge in [0.1, 0.15) is 5.69 Å². The van der Waals surface area contributed by atoms with Crippen LogP contribution in [0.5, 0.6) is 0 Å². The van der Waals surface area contributed by atoms with Gasteiger partial charge in [0.15, 0.2) is 5.76 Å². The Morgan fingerprint density at radius 1 is 1.21 bits per heavy atom. The molecule has 1 atom stereocenters. The number of aromatic nitrogens is 2. The predicted molar refractivity (Wildman–Crippen MR) is 101 cm³/mol. The number of anilines is 1. The number of nitrogens with zero attached hydrogens (tertiary/aromatic N) is 3. The number of hydrazine groups is 1. The lowest BCUT2D eigenvalue weighted by Crippen LogP contribution is -2.40. The molecule has 3 heterocycles. The zero-order chi connectivity index (χ0) is 19.8. The monoisotopic (exact) mass is 387 g/mol. The van der Waals surface area contributed by atoms with Crippen molar-refractivity contribution in [2.75, 3.05) is 12.0 Å². The van der Waals surface area contributed by atoms with E-state index in [2.05, 4.69) is 20.8 Å². The first-order chi connectivity index (χ1) is 13.7. The number of rotatable bonds is 4. The van der Waals surface area contributed by atoms with E-state index in [-0.39, 0.29) is 18.4 Å². The Kier molecular flexibility index (Phi) is 6.96. The summed E-state index contributed by atoms with van der Waals surface area (Å²) in [5.41, 5.74) is 6.87. The molecule has 3 rings (SSSR count). The second-order valence-electron chi connectivity index (χ2n) is 6.89. The van der Waals surface area contributed by atoms with E-state index < -0.39 is 5.92 Å². The second kappa shape index (κ2) is 9.84. The Morgan fingerprint density at radius 3 is 2.82 bits per heavy atom. The summed E-state index contributed by atoms with van der Waals surface area (Å²) in [4.78, 5) is 32.1. The first-order valence-electron chi connectivity index (χ1n) is 9.54. The van der Waals surface area contributed by atoms with Gasteiger partial charge in [-0.1, -0.05) is 25.7 Å². The molecule has 2 bridgehead atoms. The highest BCUT2D eigenvalue weighted by Crippen LogP contribution is 2.21. The number of amides is 2. The lowest BCUT2D eigenvalue weighted by Gasteiger charge is -2.20. The first-order valence-corrected chi connectivity index (χ1v) is 9.54. The number of aryl methyl sites for hydroxylation is 1. The van der Waals surface area contributed by atoms with Crippen LogP contribution in [0.1, 0.15) is 44.2 Å². The van der Waals surface area contributed by atoms with Crippen molar-refractivity contribution in [3.8, 4) is 11.5 Å². The molecule has 1 aliphatic heterocycles. The summed E-state index contributed by atoms with van der Waals surface area (Å²) in [6, 6.07) is 5.50. The van der Waals surface area contributed by atoms with E-state index in [9.17, 15) is 14.8 Å². The van der Waals surface area contributed by atoms with E-state index in [1.54, 1.807) is 12.3 Å². The molecule has 0 saturated heterocycles. The SMILES string of the molecule is O=CN(O)C[C@H]1CCCCCCCc2cc(-c3ccco3)nc(n2)NNC1=O. The molecule has 0 spiro atoms. The van der Waals surface area contributed by atoms with Crippen molar-refractivity contribution in [1.29, 1.82) is 0 Å². The van der Waals surface area contributed by atoms with Crippen LogP contribution in [-0.2, 0) is 16.0 Å². The van der Waals surface area contributed by atoms with Gasteiger partial charge in [0, 0.05) is 5.69 Å². The fourth-order valence-corrected chi connectivity index (χ4v) is 3.25. The quantitative estimate of drug-likeness (QED) is 0.419. The zero-order valence-electron chi connectivity index (χ0n) is 15.6. The molecule has 9 heteroatoms. The van der Waals surface area contributed by atoms with Crippen LogP contribution >= 0.6 is 0 Å². The van der Waals surface area contributed by atoms with Crippen molar-refractivity contribution < 1.29 is 19.2 Å².